The SMILES string of the molecule is CCCN(C)c1ncc(Oc2ncccc2Br)cn1. The standard InChI is InChI=1S/C13H15BrN4O/c1-3-7-18(2)13-16-8-10(9-17-13)19-12-11(14)5-4-6-15-12/h4-6,8-9H,3,7H2,1-2H3. The number of ether oxygens (including phenoxy) is 1. The van der Waals surface area contributed by atoms with Crippen LogP contribution in [-0.4, -0.2) is 28.5 Å². The highest BCUT2D eigenvalue weighted by Crippen LogP contribution is 2.26. The first-order valence-corrected chi connectivity index (χ1v) is 6.81. The molecular weight excluding hydrogens is 308 g/mol. The van der Waals surface area contributed by atoms with Gasteiger partial charge in [0.15, 0.2) is 5.75 Å². The van der Waals surface area contributed by atoms with Crippen molar-refractivity contribution in [2.75, 3.05) is 18.5 Å². The van der Waals surface area contributed by atoms with Crippen LogP contribution < -0.4 is 9.64 Å². The third kappa shape index (κ3) is 3.64. The van der Waals surface area contributed by atoms with Crippen LogP contribution >= 0.6 is 15.9 Å². The topological polar surface area (TPSA) is 51.1 Å². The normalized spacial score (nSPS) is 10.3. The number of rotatable bonds is 5. The zero-order valence-electron chi connectivity index (χ0n) is 10.9. The van der Waals surface area contributed by atoms with Crippen LogP contribution in [0, 0.1) is 0 Å². The van der Waals surface area contributed by atoms with Gasteiger partial charge in [0, 0.05) is 19.8 Å². The van der Waals surface area contributed by atoms with Gasteiger partial charge in [0.2, 0.25) is 11.8 Å². The highest BCUT2D eigenvalue weighted by molar-refractivity contribution is 9.10. The molecule has 0 saturated heterocycles. The molecule has 0 saturated carbocycles. The maximum atomic E-state index is 5.60. The lowest BCUT2D eigenvalue weighted by atomic mass is 10.4. The van der Waals surface area contributed by atoms with E-state index in [1.807, 2.05) is 24.1 Å². The van der Waals surface area contributed by atoms with Crippen LogP contribution in [0.3, 0.4) is 0 Å². The number of halogens is 1. The maximum Gasteiger partial charge on any atom is 0.233 e. The Kier molecular flexibility index (Phi) is 4.68. The van der Waals surface area contributed by atoms with Crippen molar-refractivity contribution in [3.05, 3.63) is 35.2 Å². The van der Waals surface area contributed by atoms with Crippen molar-refractivity contribution in [2.45, 2.75) is 13.3 Å². The number of hydrogen-bond acceptors (Lipinski definition) is 5. The van der Waals surface area contributed by atoms with Crippen molar-refractivity contribution in [1.29, 1.82) is 0 Å². The first-order valence-electron chi connectivity index (χ1n) is 6.02. The van der Waals surface area contributed by atoms with E-state index in [0.29, 0.717) is 17.6 Å². The van der Waals surface area contributed by atoms with Gasteiger partial charge in [-0.1, -0.05) is 6.92 Å². The molecule has 6 heteroatoms. The number of nitrogens with zero attached hydrogens (tertiary/aromatic N) is 4. The van der Waals surface area contributed by atoms with Gasteiger partial charge < -0.3 is 9.64 Å². The molecule has 0 N–H and O–H groups in total. The average Bonchev–Trinajstić information content (AvgIpc) is 2.42. The highest BCUT2D eigenvalue weighted by Gasteiger charge is 2.06. The van der Waals surface area contributed by atoms with E-state index in [1.165, 1.54) is 0 Å². The van der Waals surface area contributed by atoms with Crippen LogP contribution in [-0.2, 0) is 0 Å². The predicted molar refractivity (Wildman–Crippen MR) is 77.6 cm³/mol. The molecule has 0 radical (unpaired) electrons. The molecule has 0 amide bonds. The van der Waals surface area contributed by atoms with Crippen molar-refractivity contribution < 1.29 is 4.74 Å². The Morgan fingerprint density at radius 2 is 2.00 bits per heavy atom. The van der Waals surface area contributed by atoms with Crippen molar-refractivity contribution in [1.82, 2.24) is 15.0 Å². The quantitative estimate of drug-likeness (QED) is 0.845. The molecule has 0 aliphatic carbocycles. The second-order valence-corrected chi connectivity index (χ2v) is 4.89. The van der Waals surface area contributed by atoms with Crippen LogP contribution in [0.1, 0.15) is 13.3 Å². The summed E-state index contributed by atoms with van der Waals surface area (Å²) in [6.07, 6.45) is 6.02. The summed E-state index contributed by atoms with van der Waals surface area (Å²) in [5, 5.41) is 0. The summed E-state index contributed by atoms with van der Waals surface area (Å²) in [7, 11) is 1.97. The molecule has 19 heavy (non-hydrogen) atoms. The fourth-order valence-corrected chi connectivity index (χ4v) is 1.89. The van der Waals surface area contributed by atoms with Crippen molar-refractivity contribution in [3.8, 4) is 11.6 Å². The summed E-state index contributed by atoms with van der Waals surface area (Å²) in [4.78, 5) is 14.7. The Labute approximate surface area is 120 Å². The van der Waals surface area contributed by atoms with Crippen molar-refractivity contribution in [3.63, 3.8) is 0 Å². The van der Waals surface area contributed by atoms with Gasteiger partial charge in [-0.25, -0.2) is 15.0 Å². The average molecular weight is 323 g/mol. The van der Waals surface area contributed by atoms with Crippen LogP contribution in [0.4, 0.5) is 5.95 Å². The van der Waals surface area contributed by atoms with Crippen LogP contribution in [0.15, 0.2) is 35.2 Å². The van der Waals surface area contributed by atoms with E-state index < -0.39 is 0 Å². The van der Waals surface area contributed by atoms with Crippen LogP contribution in [0.25, 0.3) is 0 Å². The summed E-state index contributed by atoms with van der Waals surface area (Å²) in [6, 6.07) is 3.70. The van der Waals surface area contributed by atoms with Gasteiger partial charge in [-0.2, -0.15) is 0 Å². The predicted octanol–water partition coefficient (Wildman–Crippen LogP) is 3.27. The number of anilines is 1. The maximum absolute atomic E-state index is 5.60. The van der Waals surface area contributed by atoms with E-state index in [9.17, 15) is 0 Å². The Morgan fingerprint density at radius 1 is 1.26 bits per heavy atom. The molecular formula is C13H15BrN4O. The molecule has 0 fully saturated rings. The Balaban J connectivity index is 2.09. The minimum Gasteiger partial charge on any atom is -0.435 e. The second-order valence-electron chi connectivity index (χ2n) is 4.03. The molecule has 0 unspecified atom stereocenters. The summed E-state index contributed by atoms with van der Waals surface area (Å²) < 4.78 is 6.40. The van der Waals surface area contributed by atoms with E-state index in [1.54, 1.807) is 18.6 Å². The third-order valence-electron chi connectivity index (χ3n) is 2.45. The minimum atomic E-state index is 0.501. The highest BCUT2D eigenvalue weighted by atomic mass is 79.9. The van der Waals surface area contributed by atoms with Crippen molar-refractivity contribution in [2.24, 2.45) is 0 Å². The van der Waals surface area contributed by atoms with Crippen LogP contribution in [0.5, 0.6) is 11.6 Å². The summed E-state index contributed by atoms with van der Waals surface area (Å²) in [5.41, 5.74) is 0. The molecule has 0 atom stereocenters. The summed E-state index contributed by atoms with van der Waals surface area (Å²) in [5.74, 6) is 1.75. The fraction of sp³-hybridized carbons (Fsp3) is 0.308. The Bertz CT molecular complexity index is 532. The first-order chi connectivity index (χ1) is 9.20. The molecule has 2 aromatic rings. The zero-order chi connectivity index (χ0) is 13.7. The van der Waals surface area contributed by atoms with Crippen LogP contribution in [0.2, 0.25) is 0 Å². The Hall–Kier alpha value is -1.69. The van der Waals surface area contributed by atoms with Crippen molar-refractivity contribution >= 4 is 21.9 Å². The molecule has 100 valence electrons. The molecule has 0 aliphatic rings. The summed E-state index contributed by atoms with van der Waals surface area (Å²) >= 11 is 3.38. The fourth-order valence-electron chi connectivity index (χ4n) is 1.55. The van der Waals surface area contributed by atoms with Gasteiger partial charge in [0.25, 0.3) is 0 Å². The van der Waals surface area contributed by atoms with E-state index in [2.05, 4.69) is 37.8 Å². The van der Waals surface area contributed by atoms with Gasteiger partial charge in [-0.3, -0.25) is 0 Å². The molecule has 0 aliphatic heterocycles. The monoisotopic (exact) mass is 322 g/mol. The number of hydrogen-bond donors (Lipinski definition) is 0. The molecule has 5 nitrogen and oxygen atoms in total. The number of pyridine rings is 1. The van der Waals surface area contributed by atoms with Gasteiger partial charge >= 0.3 is 0 Å². The second kappa shape index (κ2) is 6.47. The van der Waals surface area contributed by atoms with Gasteiger partial charge in [-0.15, -0.1) is 0 Å². The van der Waals surface area contributed by atoms with Gasteiger partial charge in [-0.05, 0) is 34.5 Å². The first kappa shape index (κ1) is 13.7. The van der Waals surface area contributed by atoms with Gasteiger partial charge in [0.05, 0.1) is 16.9 Å². The van der Waals surface area contributed by atoms with E-state index >= 15 is 0 Å². The molecule has 0 bridgehead atoms. The molecule has 2 rings (SSSR count). The third-order valence-corrected chi connectivity index (χ3v) is 3.06. The lowest BCUT2D eigenvalue weighted by Gasteiger charge is -2.15. The van der Waals surface area contributed by atoms with E-state index in [0.717, 1.165) is 17.4 Å². The lowest BCUT2D eigenvalue weighted by molar-refractivity contribution is 0.455. The van der Waals surface area contributed by atoms with E-state index in [4.69, 9.17) is 4.74 Å². The smallest absolute Gasteiger partial charge is 0.233 e. The largest absolute Gasteiger partial charge is 0.435 e. The molecule has 0 spiro atoms. The van der Waals surface area contributed by atoms with Gasteiger partial charge in [0.1, 0.15) is 0 Å². The lowest BCUT2D eigenvalue weighted by Crippen LogP contribution is -2.20. The Morgan fingerprint density at radius 3 is 2.63 bits per heavy atom. The van der Waals surface area contributed by atoms with E-state index in [-0.39, 0.29) is 0 Å². The zero-order valence-corrected chi connectivity index (χ0v) is 12.5. The minimum absolute atomic E-state index is 0.501. The molecule has 2 heterocycles. The molecule has 2 aromatic heterocycles. The summed E-state index contributed by atoms with van der Waals surface area (Å²) in [6.45, 7) is 3.04. The number of aromatic nitrogens is 3. The molecule has 0 aromatic carbocycles.